The predicted octanol–water partition coefficient (Wildman–Crippen LogP) is 4.52. The first-order valence-electron chi connectivity index (χ1n) is 15.6. The summed E-state index contributed by atoms with van der Waals surface area (Å²) >= 11 is 1.20. The zero-order valence-electron chi connectivity index (χ0n) is 26.8. The summed E-state index contributed by atoms with van der Waals surface area (Å²) in [5, 5.41) is 6.04. The number of methoxy groups -OCH3 is 2. The number of ether oxygens (including phenoxy) is 6. The Morgan fingerprint density at radius 3 is 2.42 bits per heavy atom. The van der Waals surface area contributed by atoms with Crippen LogP contribution in [0.15, 0.2) is 58.5 Å². The Bertz CT molecular complexity index is 1900. The van der Waals surface area contributed by atoms with E-state index in [1.54, 1.807) is 44.6 Å². The van der Waals surface area contributed by atoms with Crippen molar-refractivity contribution in [2.75, 3.05) is 39.7 Å². The van der Waals surface area contributed by atoms with Crippen molar-refractivity contribution in [1.29, 1.82) is 0 Å². The van der Waals surface area contributed by atoms with Crippen LogP contribution in [0, 0.1) is 0 Å². The number of hydrogen-bond acceptors (Lipinski definition) is 11. The molecule has 0 unspecified atom stereocenters. The molecule has 0 aliphatic carbocycles. The number of nitrogens with one attached hydrogen (secondary N) is 2. The number of thioether (sulfide) groups is 1. The molecular weight excluding hydrogens is 640 g/mol. The summed E-state index contributed by atoms with van der Waals surface area (Å²) in [6.45, 7) is 2.75. The molecule has 6 rings (SSSR count). The third-order valence-corrected chi connectivity index (χ3v) is 9.29. The van der Waals surface area contributed by atoms with Gasteiger partial charge in [-0.25, -0.2) is 4.98 Å². The summed E-state index contributed by atoms with van der Waals surface area (Å²) in [5.41, 5.74) is 1.71. The second kappa shape index (κ2) is 14.8. The van der Waals surface area contributed by atoms with Crippen LogP contribution in [-0.2, 0) is 22.6 Å². The minimum atomic E-state index is -0.570. The summed E-state index contributed by atoms with van der Waals surface area (Å²) in [7, 11) is 3.16. The molecule has 2 amide bonds. The molecule has 252 valence electrons. The third kappa shape index (κ3) is 7.23. The lowest BCUT2D eigenvalue weighted by Crippen LogP contribution is -2.29. The number of carbonyl (C=O) groups is 2. The molecule has 1 atom stereocenters. The van der Waals surface area contributed by atoms with E-state index in [9.17, 15) is 14.4 Å². The van der Waals surface area contributed by atoms with E-state index in [4.69, 9.17) is 33.4 Å². The molecule has 0 bridgehead atoms. The van der Waals surface area contributed by atoms with Crippen LogP contribution in [0.4, 0.5) is 5.69 Å². The first-order chi connectivity index (χ1) is 23.4. The average Bonchev–Trinajstić information content (AvgIpc) is 3.76. The molecule has 0 fully saturated rings. The number of benzene rings is 3. The molecule has 2 aliphatic heterocycles. The lowest BCUT2D eigenvalue weighted by atomic mass is 10.1. The van der Waals surface area contributed by atoms with Gasteiger partial charge in [-0.1, -0.05) is 24.8 Å². The monoisotopic (exact) mass is 676 g/mol. The summed E-state index contributed by atoms with van der Waals surface area (Å²) in [6.07, 6.45) is 1.67. The Morgan fingerprint density at radius 1 is 0.938 bits per heavy atom. The van der Waals surface area contributed by atoms with Gasteiger partial charge in [0.05, 0.1) is 30.4 Å². The fourth-order valence-corrected chi connectivity index (χ4v) is 6.43. The molecule has 2 aliphatic rings. The van der Waals surface area contributed by atoms with E-state index in [0.29, 0.717) is 82.1 Å². The number of anilines is 1. The van der Waals surface area contributed by atoms with Gasteiger partial charge in [0.25, 0.3) is 5.56 Å². The topological polar surface area (TPSA) is 148 Å². The number of rotatable bonds is 14. The van der Waals surface area contributed by atoms with E-state index in [-0.39, 0.29) is 43.9 Å². The van der Waals surface area contributed by atoms with Gasteiger partial charge in [0.15, 0.2) is 39.7 Å². The Hall–Kier alpha value is -5.11. The van der Waals surface area contributed by atoms with Crippen molar-refractivity contribution in [3.05, 3.63) is 64.4 Å². The van der Waals surface area contributed by atoms with Crippen LogP contribution in [0.2, 0.25) is 0 Å². The lowest BCUT2D eigenvalue weighted by molar-refractivity contribution is -0.121. The van der Waals surface area contributed by atoms with E-state index in [1.165, 1.54) is 16.3 Å². The number of fused-ring (bicyclic) bond motifs is 3. The van der Waals surface area contributed by atoms with Crippen LogP contribution < -0.4 is 44.6 Å². The van der Waals surface area contributed by atoms with Gasteiger partial charge >= 0.3 is 0 Å². The SMILES string of the molecule is CC[C@@H](Sc1nc2cc3c(cc2c(=O)n1CCCC(=O)NCCc1ccc(OC)c(OC)c1)OCO3)C(=O)Nc1ccc2c(c1)OCO2. The molecule has 4 aromatic rings. The molecule has 0 saturated carbocycles. The second-order valence-corrected chi connectivity index (χ2v) is 12.2. The Balaban J connectivity index is 1.14. The van der Waals surface area contributed by atoms with Crippen molar-refractivity contribution in [3.63, 3.8) is 0 Å². The zero-order valence-corrected chi connectivity index (χ0v) is 27.6. The molecule has 1 aromatic heterocycles. The molecule has 2 N–H and O–H groups in total. The van der Waals surface area contributed by atoms with Gasteiger partial charge in [-0.3, -0.25) is 19.0 Å². The largest absolute Gasteiger partial charge is 0.493 e. The van der Waals surface area contributed by atoms with Crippen LogP contribution in [0.1, 0.15) is 31.7 Å². The van der Waals surface area contributed by atoms with Crippen molar-refractivity contribution < 1.29 is 38.0 Å². The van der Waals surface area contributed by atoms with Gasteiger partial charge < -0.3 is 39.1 Å². The predicted molar refractivity (Wildman–Crippen MR) is 179 cm³/mol. The van der Waals surface area contributed by atoms with Crippen molar-refractivity contribution >= 4 is 40.2 Å². The minimum Gasteiger partial charge on any atom is -0.493 e. The highest BCUT2D eigenvalue weighted by Gasteiger charge is 2.25. The number of aromatic nitrogens is 2. The van der Waals surface area contributed by atoms with Gasteiger partial charge in [-0.15, -0.1) is 0 Å². The van der Waals surface area contributed by atoms with E-state index in [0.717, 1.165) is 5.56 Å². The van der Waals surface area contributed by atoms with Gasteiger partial charge in [0.2, 0.25) is 25.4 Å². The third-order valence-electron chi connectivity index (χ3n) is 7.93. The normalized spacial score (nSPS) is 13.3. The van der Waals surface area contributed by atoms with Crippen molar-refractivity contribution in [3.8, 4) is 34.5 Å². The van der Waals surface area contributed by atoms with E-state index < -0.39 is 5.25 Å². The first kappa shape index (κ1) is 32.8. The number of nitrogens with zero attached hydrogens (tertiary/aromatic N) is 2. The maximum Gasteiger partial charge on any atom is 0.262 e. The van der Waals surface area contributed by atoms with Crippen LogP contribution in [0.25, 0.3) is 10.9 Å². The smallest absolute Gasteiger partial charge is 0.262 e. The highest BCUT2D eigenvalue weighted by molar-refractivity contribution is 8.00. The quantitative estimate of drug-likeness (QED) is 0.144. The summed E-state index contributed by atoms with van der Waals surface area (Å²) in [5.74, 6) is 3.03. The number of carbonyl (C=O) groups excluding carboxylic acids is 2. The molecule has 0 saturated heterocycles. The van der Waals surface area contributed by atoms with E-state index in [1.807, 2.05) is 25.1 Å². The summed E-state index contributed by atoms with van der Waals surface area (Å²) in [6, 6.07) is 14.1. The highest BCUT2D eigenvalue weighted by Crippen LogP contribution is 2.37. The molecule has 13 nitrogen and oxygen atoms in total. The molecule has 0 spiro atoms. The Labute approximate surface area is 280 Å². The standard InChI is InChI=1S/C34H36N4O9S/c1-4-30(32(40)36-21-8-10-25-27(15-21)45-18-44-25)48-34-37-23-17-29-28(46-19-47-29)16-22(23)33(41)38(34)13-5-6-31(39)35-12-11-20-7-9-24(42-2)26(14-20)43-3/h7-10,14-17,30H,4-6,11-13,18-19H2,1-3H3,(H,35,39)(H,36,40)/t30-/m1/s1. The van der Waals surface area contributed by atoms with Crippen molar-refractivity contribution in [2.24, 2.45) is 0 Å². The van der Waals surface area contributed by atoms with Gasteiger partial charge in [-0.05, 0) is 55.2 Å². The average molecular weight is 677 g/mol. The zero-order chi connectivity index (χ0) is 33.6. The summed E-state index contributed by atoms with van der Waals surface area (Å²) in [4.78, 5) is 44.8. The molecule has 0 radical (unpaired) electrons. The maximum atomic E-state index is 13.9. The highest BCUT2D eigenvalue weighted by atomic mass is 32.2. The van der Waals surface area contributed by atoms with E-state index >= 15 is 0 Å². The van der Waals surface area contributed by atoms with Gasteiger partial charge in [0, 0.05) is 37.3 Å². The number of amides is 2. The second-order valence-electron chi connectivity index (χ2n) is 11.0. The molecular formula is C34H36N4O9S. The lowest BCUT2D eigenvalue weighted by Gasteiger charge is -2.18. The van der Waals surface area contributed by atoms with Crippen molar-refractivity contribution in [2.45, 2.75) is 49.6 Å². The van der Waals surface area contributed by atoms with E-state index in [2.05, 4.69) is 10.6 Å². The summed E-state index contributed by atoms with van der Waals surface area (Å²) < 4.78 is 34.0. The Kier molecular flexibility index (Phi) is 10.1. The maximum absolute atomic E-state index is 13.9. The first-order valence-corrected chi connectivity index (χ1v) is 16.4. The van der Waals surface area contributed by atoms with Crippen LogP contribution >= 0.6 is 11.8 Å². The van der Waals surface area contributed by atoms with Gasteiger partial charge in [-0.2, -0.15) is 0 Å². The fraction of sp³-hybridized carbons (Fsp3) is 0.353. The molecule has 3 aromatic carbocycles. The molecule has 3 heterocycles. The number of hydrogen-bond donors (Lipinski definition) is 2. The Morgan fingerprint density at radius 2 is 1.67 bits per heavy atom. The van der Waals surface area contributed by atoms with Crippen LogP contribution in [0.3, 0.4) is 0 Å². The van der Waals surface area contributed by atoms with Crippen LogP contribution in [-0.4, -0.2) is 61.0 Å². The molecule has 48 heavy (non-hydrogen) atoms. The van der Waals surface area contributed by atoms with Crippen molar-refractivity contribution in [1.82, 2.24) is 14.9 Å². The minimum absolute atomic E-state index is 0.0561. The van der Waals surface area contributed by atoms with Gasteiger partial charge in [0.1, 0.15) is 0 Å². The molecule has 14 heteroatoms. The van der Waals surface area contributed by atoms with Crippen LogP contribution in [0.5, 0.6) is 34.5 Å². The fourth-order valence-electron chi connectivity index (χ4n) is 5.39.